The van der Waals surface area contributed by atoms with E-state index in [0.717, 1.165) is 35.4 Å². The van der Waals surface area contributed by atoms with E-state index in [9.17, 15) is 13.2 Å². The minimum Gasteiger partial charge on any atom is -0.494 e. The molecule has 162 valence electrons. The molecule has 0 fully saturated rings. The van der Waals surface area contributed by atoms with Crippen LogP contribution in [0.2, 0.25) is 0 Å². The lowest BCUT2D eigenvalue weighted by atomic mass is 10.0. The van der Waals surface area contributed by atoms with Gasteiger partial charge in [0.2, 0.25) is 15.9 Å². The van der Waals surface area contributed by atoms with Crippen molar-refractivity contribution in [1.82, 2.24) is 5.32 Å². The van der Waals surface area contributed by atoms with E-state index in [0.29, 0.717) is 18.0 Å². The number of hydrogen-bond acceptors (Lipinski definition) is 4. The molecule has 1 aliphatic carbocycles. The maximum absolute atomic E-state index is 12.7. The second kappa shape index (κ2) is 9.51. The van der Waals surface area contributed by atoms with E-state index in [1.807, 2.05) is 19.9 Å². The topological polar surface area (TPSA) is 75.7 Å². The molecule has 0 bridgehead atoms. The number of rotatable bonds is 9. The van der Waals surface area contributed by atoms with E-state index in [2.05, 4.69) is 17.4 Å². The summed E-state index contributed by atoms with van der Waals surface area (Å²) in [6.45, 7) is 4.25. The van der Waals surface area contributed by atoms with Gasteiger partial charge in [0, 0.05) is 0 Å². The Balaban J connectivity index is 1.68. The Kier molecular flexibility index (Phi) is 7.02. The van der Waals surface area contributed by atoms with Crippen molar-refractivity contribution in [2.24, 2.45) is 0 Å². The van der Waals surface area contributed by atoms with Crippen LogP contribution in [0.4, 0.5) is 5.69 Å². The molecule has 30 heavy (non-hydrogen) atoms. The maximum atomic E-state index is 12.7. The summed E-state index contributed by atoms with van der Waals surface area (Å²) in [4.78, 5) is 12.7. The van der Waals surface area contributed by atoms with Crippen molar-refractivity contribution in [2.45, 2.75) is 45.6 Å². The molecule has 0 aliphatic heterocycles. The predicted octanol–water partition coefficient (Wildman–Crippen LogP) is 3.61. The zero-order valence-corrected chi connectivity index (χ0v) is 18.7. The van der Waals surface area contributed by atoms with Gasteiger partial charge >= 0.3 is 0 Å². The van der Waals surface area contributed by atoms with Gasteiger partial charge < -0.3 is 10.1 Å². The Labute approximate surface area is 179 Å². The summed E-state index contributed by atoms with van der Waals surface area (Å²) < 4.78 is 31.3. The Morgan fingerprint density at radius 3 is 2.50 bits per heavy atom. The number of hydrogen-bond donors (Lipinski definition) is 1. The highest BCUT2D eigenvalue weighted by atomic mass is 32.2. The van der Waals surface area contributed by atoms with Gasteiger partial charge in [-0.1, -0.05) is 25.1 Å². The molecule has 1 unspecified atom stereocenters. The van der Waals surface area contributed by atoms with Gasteiger partial charge in [0.1, 0.15) is 12.3 Å². The highest BCUT2D eigenvalue weighted by Gasteiger charge is 2.22. The number of aryl methyl sites for hydroxylation is 2. The van der Waals surface area contributed by atoms with Crippen LogP contribution < -0.4 is 14.4 Å². The average Bonchev–Trinajstić information content (AvgIpc) is 3.18. The second-order valence-electron chi connectivity index (χ2n) is 7.78. The van der Waals surface area contributed by atoms with Crippen molar-refractivity contribution in [3.05, 3.63) is 59.2 Å². The Morgan fingerprint density at radius 1 is 1.13 bits per heavy atom. The number of benzene rings is 2. The molecule has 0 saturated heterocycles. The first kappa shape index (κ1) is 22.2. The van der Waals surface area contributed by atoms with Crippen LogP contribution in [0, 0.1) is 0 Å². The summed E-state index contributed by atoms with van der Waals surface area (Å²) in [5.74, 6) is 0.323. The molecular weight excluding hydrogens is 400 g/mol. The zero-order chi connectivity index (χ0) is 21.7. The molecular formula is C23H30N2O4S. The first-order valence-corrected chi connectivity index (χ1v) is 12.2. The summed E-state index contributed by atoms with van der Waals surface area (Å²) >= 11 is 0. The fourth-order valence-corrected chi connectivity index (χ4v) is 4.55. The number of amides is 1. The van der Waals surface area contributed by atoms with Gasteiger partial charge in [-0.25, -0.2) is 8.42 Å². The molecule has 0 radical (unpaired) electrons. The second-order valence-corrected chi connectivity index (χ2v) is 9.69. The van der Waals surface area contributed by atoms with E-state index < -0.39 is 10.0 Å². The molecule has 1 amide bonds. The Bertz CT molecular complexity index is 987. The molecule has 7 heteroatoms. The molecule has 0 spiro atoms. The van der Waals surface area contributed by atoms with E-state index in [1.54, 1.807) is 24.3 Å². The largest absolute Gasteiger partial charge is 0.494 e. The lowest BCUT2D eigenvalue weighted by Gasteiger charge is -2.23. The number of sulfonamides is 1. The summed E-state index contributed by atoms with van der Waals surface area (Å²) in [6.07, 6.45) is 5.35. The number of carbonyl (C=O) groups is 1. The molecule has 0 heterocycles. The first-order valence-electron chi connectivity index (χ1n) is 10.4. The van der Waals surface area contributed by atoms with Crippen LogP contribution in [0.15, 0.2) is 42.5 Å². The van der Waals surface area contributed by atoms with Gasteiger partial charge in [-0.15, -0.1) is 0 Å². The Morgan fingerprint density at radius 2 is 1.83 bits per heavy atom. The third-order valence-corrected chi connectivity index (χ3v) is 6.43. The molecule has 2 aromatic carbocycles. The maximum Gasteiger partial charge on any atom is 0.241 e. The number of anilines is 1. The fourth-order valence-electron chi connectivity index (χ4n) is 3.69. The van der Waals surface area contributed by atoms with Crippen molar-refractivity contribution < 1.29 is 17.9 Å². The van der Waals surface area contributed by atoms with Crippen LogP contribution >= 0.6 is 0 Å². The number of nitrogens with zero attached hydrogens (tertiary/aromatic N) is 1. The van der Waals surface area contributed by atoms with Crippen molar-refractivity contribution in [2.75, 3.05) is 23.7 Å². The van der Waals surface area contributed by atoms with Crippen LogP contribution in [-0.4, -0.2) is 33.7 Å². The van der Waals surface area contributed by atoms with Crippen LogP contribution in [0.1, 0.15) is 49.4 Å². The molecule has 6 nitrogen and oxygen atoms in total. The molecule has 1 aliphatic rings. The van der Waals surface area contributed by atoms with Gasteiger partial charge in [0.25, 0.3) is 0 Å². The number of carbonyl (C=O) groups excluding carboxylic acids is 1. The first-order chi connectivity index (χ1) is 14.3. The summed E-state index contributed by atoms with van der Waals surface area (Å²) in [6, 6.07) is 12.9. The van der Waals surface area contributed by atoms with Crippen LogP contribution in [0.3, 0.4) is 0 Å². The number of ether oxygens (including phenoxy) is 1. The lowest BCUT2D eigenvalue weighted by molar-refractivity contribution is -0.120. The van der Waals surface area contributed by atoms with Gasteiger partial charge in [-0.2, -0.15) is 0 Å². The van der Waals surface area contributed by atoms with Crippen LogP contribution in [0.5, 0.6) is 5.75 Å². The normalized spacial score (nSPS) is 14.1. The summed E-state index contributed by atoms with van der Waals surface area (Å²) in [5, 5.41) is 2.93. The number of nitrogens with one attached hydrogen (secondary N) is 1. The quantitative estimate of drug-likeness (QED) is 0.659. The van der Waals surface area contributed by atoms with Gasteiger partial charge in [-0.05, 0) is 73.6 Å². The van der Waals surface area contributed by atoms with E-state index in [-0.39, 0.29) is 18.5 Å². The van der Waals surface area contributed by atoms with E-state index >= 15 is 0 Å². The fraction of sp³-hybridized carbons (Fsp3) is 0.435. The van der Waals surface area contributed by atoms with Gasteiger partial charge in [-0.3, -0.25) is 9.10 Å². The molecule has 0 saturated carbocycles. The minimum absolute atomic E-state index is 0.199. The van der Waals surface area contributed by atoms with Crippen LogP contribution in [0.25, 0.3) is 0 Å². The standard InChI is InChI=1S/C23H30N2O4S/c1-4-14-29-22-12-10-21(11-13-22)25(30(3,27)28)16-23(26)24-17(2)19-9-8-18-6-5-7-20(18)15-19/h8-13,15,17H,4-7,14,16H2,1-3H3,(H,24,26). The van der Waals surface area contributed by atoms with E-state index in [4.69, 9.17) is 4.74 Å². The molecule has 0 aromatic heterocycles. The molecule has 2 aromatic rings. The monoisotopic (exact) mass is 430 g/mol. The third-order valence-electron chi connectivity index (χ3n) is 5.29. The smallest absolute Gasteiger partial charge is 0.241 e. The lowest BCUT2D eigenvalue weighted by Crippen LogP contribution is -2.41. The minimum atomic E-state index is -3.62. The predicted molar refractivity (Wildman–Crippen MR) is 119 cm³/mol. The summed E-state index contributed by atoms with van der Waals surface area (Å²) in [7, 11) is -3.62. The molecule has 1 atom stereocenters. The van der Waals surface area contributed by atoms with Crippen molar-refractivity contribution in [3.63, 3.8) is 0 Å². The molecule has 3 rings (SSSR count). The van der Waals surface area contributed by atoms with Gasteiger partial charge in [0.15, 0.2) is 0 Å². The zero-order valence-electron chi connectivity index (χ0n) is 17.8. The van der Waals surface area contributed by atoms with Gasteiger partial charge in [0.05, 0.1) is 24.6 Å². The van der Waals surface area contributed by atoms with Crippen LogP contribution in [-0.2, 0) is 27.7 Å². The SMILES string of the molecule is CCCOc1ccc(N(CC(=O)NC(C)c2ccc3c(c2)CCC3)S(C)(=O)=O)cc1. The highest BCUT2D eigenvalue weighted by Crippen LogP contribution is 2.26. The highest BCUT2D eigenvalue weighted by molar-refractivity contribution is 7.92. The molecule has 1 N–H and O–H groups in total. The van der Waals surface area contributed by atoms with Crippen molar-refractivity contribution in [3.8, 4) is 5.75 Å². The average molecular weight is 431 g/mol. The van der Waals surface area contributed by atoms with E-state index in [1.165, 1.54) is 17.5 Å². The van der Waals surface area contributed by atoms with Crippen molar-refractivity contribution in [1.29, 1.82) is 0 Å². The Hall–Kier alpha value is -2.54. The summed E-state index contributed by atoms with van der Waals surface area (Å²) in [5.41, 5.74) is 4.19. The van der Waals surface area contributed by atoms with Crippen molar-refractivity contribution >= 4 is 21.6 Å². The third kappa shape index (κ3) is 5.53. The number of fused-ring (bicyclic) bond motifs is 1.